The van der Waals surface area contributed by atoms with E-state index in [-0.39, 0.29) is 23.7 Å². The van der Waals surface area contributed by atoms with E-state index in [1.54, 1.807) is 44.4 Å². The third kappa shape index (κ3) is 5.10. The number of rotatable bonds is 6. The normalized spacial score (nSPS) is 10.6. The number of hydrogen-bond acceptors (Lipinski definition) is 4. The second-order valence-electron chi connectivity index (χ2n) is 5.60. The Morgan fingerprint density at radius 2 is 1.81 bits per heavy atom. The molecule has 0 spiro atoms. The molecule has 1 aromatic carbocycles. The summed E-state index contributed by atoms with van der Waals surface area (Å²) in [5, 5.41) is 0. The molecule has 6 heteroatoms. The van der Waals surface area contributed by atoms with Crippen LogP contribution in [0, 0.1) is 5.41 Å². The summed E-state index contributed by atoms with van der Waals surface area (Å²) < 4.78 is 10.4. The second-order valence-corrected chi connectivity index (χ2v) is 5.60. The molecular formula is C15H25ClN2O3. The van der Waals surface area contributed by atoms with Crippen molar-refractivity contribution in [1.82, 2.24) is 4.90 Å². The fourth-order valence-corrected chi connectivity index (χ4v) is 1.97. The van der Waals surface area contributed by atoms with Gasteiger partial charge in [-0.1, -0.05) is 13.8 Å². The summed E-state index contributed by atoms with van der Waals surface area (Å²) in [6.07, 6.45) is 0. The number of nitrogens with two attached hydrogens (primary N) is 1. The molecule has 0 unspecified atom stereocenters. The van der Waals surface area contributed by atoms with Gasteiger partial charge in [0.15, 0.2) is 11.5 Å². The van der Waals surface area contributed by atoms with Gasteiger partial charge in [0.25, 0.3) is 5.91 Å². The first kappa shape index (κ1) is 19.5. The number of carbonyl (C=O) groups is 1. The first-order chi connectivity index (χ1) is 9.34. The van der Waals surface area contributed by atoms with Gasteiger partial charge < -0.3 is 20.1 Å². The molecule has 0 saturated carbocycles. The predicted molar refractivity (Wildman–Crippen MR) is 86.6 cm³/mol. The van der Waals surface area contributed by atoms with Crippen molar-refractivity contribution in [2.75, 3.05) is 34.4 Å². The highest BCUT2D eigenvalue weighted by molar-refractivity contribution is 5.94. The fraction of sp³-hybridized carbons (Fsp3) is 0.533. The summed E-state index contributed by atoms with van der Waals surface area (Å²) >= 11 is 0. The first-order valence-electron chi connectivity index (χ1n) is 6.52. The van der Waals surface area contributed by atoms with E-state index >= 15 is 0 Å². The predicted octanol–water partition coefficient (Wildman–Crippen LogP) is 2.18. The topological polar surface area (TPSA) is 64.8 Å². The number of benzene rings is 1. The van der Waals surface area contributed by atoms with Crippen LogP contribution in [0.3, 0.4) is 0 Å². The number of methoxy groups -OCH3 is 2. The number of ether oxygens (including phenoxy) is 2. The minimum absolute atomic E-state index is 0. The van der Waals surface area contributed by atoms with Crippen LogP contribution in [-0.2, 0) is 0 Å². The van der Waals surface area contributed by atoms with Gasteiger partial charge in [0, 0.05) is 19.2 Å². The van der Waals surface area contributed by atoms with Crippen LogP contribution in [0.2, 0.25) is 0 Å². The summed E-state index contributed by atoms with van der Waals surface area (Å²) in [5.74, 6) is 1.09. The lowest BCUT2D eigenvalue weighted by atomic mass is 9.93. The molecule has 0 aliphatic carbocycles. The van der Waals surface area contributed by atoms with E-state index in [1.807, 2.05) is 13.8 Å². The third-order valence-electron chi connectivity index (χ3n) is 3.19. The van der Waals surface area contributed by atoms with Crippen LogP contribution in [0.4, 0.5) is 0 Å². The highest BCUT2D eigenvalue weighted by atomic mass is 35.5. The van der Waals surface area contributed by atoms with Crippen molar-refractivity contribution in [2.24, 2.45) is 11.1 Å². The first-order valence-corrected chi connectivity index (χ1v) is 6.52. The fourth-order valence-electron chi connectivity index (χ4n) is 1.97. The van der Waals surface area contributed by atoms with E-state index in [0.29, 0.717) is 30.2 Å². The molecule has 1 amide bonds. The van der Waals surface area contributed by atoms with Gasteiger partial charge >= 0.3 is 0 Å². The smallest absolute Gasteiger partial charge is 0.253 e. The molecule has 0 radical (unpaired) electrons. The van der Waals surface area contributed by atoms with Crippen molar-refractivity contribution in [3.05, 3.63) is 23.8 Å². The minimum atomic E-state index is -0.110. The molecule has 0 saturated heterocycles. The number of halogens is 1. The van der Waals surface area contributed by atoms with Crippen LogP contribution < -0.4 is 15.2 Å². The highest BCUT2D eigenvalue weighted by Gasteiger charge is 2.22. The van der Waals surface area contributed by atoms with Crippen LogP contribution in [-0.4, -0.2) is 45.2 Å². The Morgan fingerprint density at radius 1 is 1.24 bits per heavy atom. The van der Waals surface area contributed by atoms with Crippen molar-refractivity contribution in [3.63, 3.8) is 0 Å². The quantitative estimate of drug-likeness (QED) is 0.873. The van der Waals surface area contributed by atoms with Crippen molar-refractivity contribution >= 4 is 18.3 Å². The molecular weight excluding hydrogens is 292 g/mol. The molecule has 0 aliphatic rings. The molecule has 0 heterocycles. The maximum atomic E-state index is 12.4. The largest absolute Gasteiger partial charge is 0.493 e. The van der Waals surface area contributed by atoms with Gasteiger partial charge in [0.2, 0.25) is 0 Å². The van der Waals surface area contributed by atoms with Gasteiger partial charge in [0.05, 0.1) is 14.2 Å². The summed E-state index contributed by atoms with van der Waals surface area (Å²) in [6, 6.07) is 5.15. The Morgan fingerprint density at radius 3 is 2.29 bits per heavy atom. The monoisotopic (exact) mass is 316 g/mol. The Balaban J connectivity index is 0.00000400. The number of nitrogens with zero attached hydrogens (tertiary/aromatic N) is 1. The van der Waals surface area contributed by atoms with Gasteiger partial charge in [-0.25, -0.2) is 0 Å². The molecule has 21 heavy (non-hydrogen) atoms. The van der Waals surface area contributed by atoms with E-state index in [9.17, 15) is 4.79 Å². The Kier molecular flexibility index (Phi) is 7.53. The molecule has 120 valence electrons. The average Bonchev–Trinajstić information content (AvgIpc) is 2.45. The standard InChI is InChI=1S/C15H24N2O3.ClH/c1-15(2,9-16)10-17(3)14(18)11-6-7-12(19-4)13(8-11)20-5;/h6-8H,9-10,16H2,1-5H3;1H. The Bertz CT molecular complexity index is 478. The lowest BCUT2D eigenvalue weighted by molar-refractivity contribution is 0.0740. The SMILES string of the molecule is COc1ccc(C(=O)N(C)CC(C)(C)CN)cc1OC.Cl. The van der Waals surface area contributed by atoms with E-state index in [2.05, 4.69) is 0 Å². The Labute approximate surface area is 132 Å². The number of hydrogen-bond donors (Lipinski definition) is 1. The zero-order valence-electron chi connectivity index (χ0n) is 13.3. The molecule has 0 bridgehead atoms. The molecule has 0 atom stereocenters. The molecule has 1 aromatic rings. The molecule has 5 nitrogen and oxygen atoms in total. The number of carbonyl (C=O) groups excluding carboxylic acids is 1. The zero-order chi connectivity index (χ0) is 15.3. The van der Waals surface area contributed by atoms with Crippen molar-refractivity contribution in [1.29, 1.82) is 0 Å². The zero-order valence-corrected chi connectivity index (χ0v) is 14.1. The maximum Gasteiger partial charge on any atom is 0.253 e. The second kappa shape index (κ2) is 8.10. The van der Waals surface area contributed by atoms with Gasteiger partial charge in [-0.05, 0) is 30.2 Å². The molecule has 0 aliphatic heterocycles. The van der Waals surface area contributed by atoms with Gasteiger partial charge in [-0.15, -0.1) is 12.4 Å². The summed E-state index contributed by atoms with van der Waals surface area (Å²) in [7, 11) is 4.89. The lowest BCUT2D eigenvalue weighted by Crippen LogP contribution is -2.39. The maximum absolute atomic E-state index is 12.4. The number of amides is 1. The van der Waals surface area contributed by atoms with Crippen molar-refractivity contribution in [3.8, 4) is 11.5 Å². The van der Waals surface area contributed by atoms with Gasteiger partial charge in [-0.3, -0.25) is 4.79 Å². The van der Waals surface area contributed by atoms with Gasteiger partial charge in [0.1, 0.15) is 0 Å². The van der Waals surface area contributed by atoms with E-state index in [0.717, 1.165) is 0 Å². The van der Waals surface area contributed by atoms with Crippen LogP contribution >= 0.6 is 12.4 Å². The summed E-state index contributed by atoms with van der Waals surface area (Å²) in [4.78, 5) is 14.1. The van der Waals surface area contributed by atoms with E-state index < -0.39 is 0 Å². The summed E-state index contributed by atoms with van der Waals surface area (Å²) in [5.41, 5.74) is 6.16. The Hall–Kier alpha value is -1.46. The lowest BCUT2D eigenvalue weighted by Gasteiger charge is -2.29. The van der Waals surface area contributed by atoms with Gasteiger partial charge in [-0.2, -0.15) is 0 Å². The van der Waals surface area contributed by atoms with Crippen LogP contribution in [0.5, 0.6) is 11.5 Å². The van der Waals surface area contributed by atoms with Crippen LogP contribution in [0.1, 0.15) is 24.2 Å². The molecule has 0 aromatic heterocycles. The minimum Gasteiger partial charge on any atom is -0.493 e. The van der Waals surface area contributed by atoms with Crippen molar-refractivity contribution < 1.29 is 14.3 Å². The third-order valence-corrected chi connectivity index (χ3v) is 3.19. The average molecular weight is 317 g/mol. The van der Waals surface area contributed by atoms with Crippen LogP contribution in [0.25, 0.3) is 0 Å². The molecule has 2 N–H and O–H groups in total. The highest BCUT2D eigenvalue weighted by Crippen LogP contribution is 2.28. The van der Waals surface area contributed by atoms with Crippen LogP contribution in [0.15, 0.2) is 18.2 Å². The molecule has 0 fully saturated rings. The summed E-state index contributed by atoms with van der Waals surface area (Å²) in [6.45, 7) is 5.18. The van der Waals surface area contributed by atoms with E-state index in [4.69, 9.17) is 15.2 Å². The molecule has 1 rings (SSSR count). The van der Waals surface area contributed by atoms with E-state index in [1.165, 1.54) is 0 Å². The van der Waals surface area contributed by atoms with Crippen molar-refractivity contribution in [2.45, 2.75) is 13.8 Å².